The molecular formula is C13H10BrClOS. The average Bonchev–Trinajstić information content (AvgIpc) is 2.82. The van der Waals surface area contributed by atoms with Crippen LogP contribution in [-0.2, 0) is 6.42 Å². The fourth-order valence-corrected chi connectivity index (χ4v) is 2.85. The number of halogens is 2. The van der Waals surface area contributed by atoms with Crippen molar-refractivity contribution in [1.29, 1.82) is 0 Å². The lowest BCUT2D eigenvalue weighted by Crippen LogP contribution is -2.01. The van der Waals surface area contributed by atoms with Crippen molar-refractivity contribution in [3.63, 3.8) is 0 Å². The van der Waals surface area contributed by atoms with Crippen LogP contribution >= 0.6 is 38.9 Å². The van der Waals surface area contributed by atoms with E-state index in [0.29, 0.717) is 17.0 Å². The second kappa shape index (κ2) is 5.80. The Hall–Kier alpha value is -0.640. The van der Waals surface area contributed by atoms with Crippen molar-refractivity contribution in [2.24, 2.45) is 0 Å². The van der Waals surface area contributed by atoms with Gasteiger partial charge in [0.1, 0.15) is 0 Å². The molecular weight excluding hydrogens is 320 g/mol. The molecule has 88 valence electrons. The number of rotatable bonds is 4. The number of Topliss-reactive ketones (excluding diaryl/α,β-unsaturated/α-hetero) is 1. The molecule has 0 amide bonds. The molecule has 0 atom stereocenters. The van der Waals surface area contributed by atoms with Crippen LogP contribution in [0, 0.1) is 0 Å². The van der Waals surface area contributed by atoms with E-state index in [1.807, 2.05) is 23.6 Å². The van der Waals surface area contributed by atoms with Crippen molar-refractivity contribution < 1.29 is 4.79 Å². The van der Waals surface area contributed by atoms with Gasteiger partial charge < -0.3 is 0 Å². The number of aryl methyl sites for hydroxylation is 1. The Morgan fingerprint density at radius 2 is 2.18 bits per heavy atom. The first-order valence-corrected chi connectivity index (χ1v) is 7.28. The summed E-state index contributed by atoms with van der Waals surface area (Å²) >= 11 is 11.1. The summed E-state index contributed by atoms with van der Waals surface area (Å²) in [4.78, 5) is 12.0. The fourth-order valence-electron chi connectivity index (χ4n) is 1.55. The molecule has 0 fully saturated rings. The van der Waals surface area contributed by atoms with Crippen molar-refractivity contribution in [1.82, 2.24) is 0 Å². The number of benzene rings is 1. The van der Waals surface area contributed by atoms with E-state index in [-0.39, 0.29) is 5.78 Å². The van der Waals surface area contributed by atoms with Gasteiger partial charge in [0.2, 0.25) is 0 Å². The first-order chi connectivity index (χ1) is 8.18. The summed E-state index contributed by atoms with van der Waals surface area (Å²) in [6.07, 6.45) is 1.26. The molecule has 1 aromatic carbocycles. The molecule has 0 aliphatic carbocycles. The van der Waals surface area contributed by atoms with E-state index in [2.05, 4.69) is 21.3 Å². The number of hydrogen-bond donors (Lipinski definition) is 0. The van der Waals surface area contributed by atoms with Gasteiger partial charge in [0.15, 0.2) is 5.78 Å². The van der Waals surface area contributed by atoms with Crippen LogP contribution in [0.3, 0.4) is 0 Å². The topological polar surface area (TPSA) is 17.1 Å². The van der Waals surface area contributed by atoms with Crippen LogP contribution in [0.25, 0.3) is 0 Å². The Bertz CT molecular complexity index is 522. The predicted octanol–water partition coefficient (Wildman–Crippen LogP) is 4.98. The normalized spacial score (nSPS) is 10.5. The molecule has 2 rings (SSSR count). The van der Waals surface area contributed by atoms with E-state index in [9.17, 15) is 4.79 Å². The van der Waals surface area contributed by atoms with Gasteiger partial charge in [0, 0.05) is 16.5 Å². The Balaban J connectivity index is 2.07. The van der Waals surface area contributed by atoms with Crippen molar-refractivity contribution in [3.05, 3.63) is 55.6 Å². The summed E-state index contributed by atoms with van der Waals surface area (Å²) in [6, 6.07) is 7.47. The molecule has 0 saturated carbocycles. The van der Waals surface area contributed by atoms with E-state index in [1.165, 1.54) is 5.56 Å². The third-order valence-electron chi connectivity index (χ3n) is 2.47. The Morgan fingerprint density at radius 1 is 1.35 bits per heavy atom. The summed E-state index contributed by atoms with van der Waals surface area (Å²) in [6.45, 7) is 0. The van der Waals surface area contributed by atoms with Crippen LogP contribution in [0.2, 0.25) is 5.02 Å². The van der Waals surface area contributed by atoms with Crippen molar-refractivity contribution in [2.45, 2.75) is 12.8 Å². The van der Waals surface area contributed by atoms with Crippen molar-refractivity contribution in [2.75, 3.05) is 0 Å². The molecule has 1 heterocycles. The largest absolute Gasteiger partial charge is 0.294 e. The number of hydrogen-bond acceptors (Lipinski definition) is 2. The van der Waals surface area contributed by atoms with Gasteiger partial charge in [0.05, 0.1) is 5.02 Å². The zero-order valence-corrected chi connectivity index (χ0v) is 12.1. The van der Waals surface area contributed by atoms with Gasteiger partial charge >= 0.3 is 0 Å². The molecule has 0 aliphatic heterocycles. The molecule has 2 aromatic rings. The minimum atomic E-state index is 0.0856. The molecule has 0 aliphatic rings. The van der Waals surface area contributed by atoms with Gasteiger partial charge in [-0.3, -0.25) is 4.79 Å². The lowest BCUT2D eigenvalue weighted by molar-refractivity contribution is 0.0983. The summed E-state index contributed by atoms with van der Waals surface area (Å²) in [7, 11) is 0. The van der Waals surface area contributed by atoms with Crippen LogP contribution in [-0.4, -0.2) is 5.78 Å². The molecule has 0 radical (unpaired) electrons. The van der Waals surface area contributed by atoms with Gasteiger partial charge in [-0.2, -0.15) is 11.3 Å². The fraction of sp³-hybridized carbons (Fsp3) is 0.154. The van der Waals surface area contributed by atoms with Crippen LogP contribution in [0.15, 0.2) is 39.5 Å². The van der Waals surface area contributed by atoms with Crippen LogP contribution < -0.4 is 0 Å². The molecule has 4 heteroatoms. The Labute approximate surface area is 118 Å². The lowest BCUT2D eigenvalue weighted by Gasteiger charge is -2.04. The summed E-state index contributed by atoms with van der Waals surface area (Å²) in [5, 5.41) is 4.59. The quantitative estimate of drug-likeness (QED) is 0.723. The maximum absolute atomic E-state index is 12.0. The van der Waals surface area contributed by atoms with Gasteiger partial charge in [-0.15, -0.1) is 0 Å². The molecule has 1 aromatic heterocycles. The molecule has 0 saturated heterocycles. The minimum Gasteiger partial charge on any atom is -0.294 e. The SMILES string of the molecule is O=C(CCc1ccsc1)c1cccc(Br)c1Cl. The van der Waals surface area contributed by atoms with Crippen molar-refractivity contribution in [3.8, 4) is 0 Å². The van der Waals surface area contributed by atoms with E-state index < -0.39 is 0 Å². The van der Waals surface area contributed by atoms with Gasteiger partial charge in [-0.1, -0.05) is 17.7 Å². The molecule has 0 unspecified atom stereocenters. The minimum absolute atomic E-state index is 0.0856. The monoisotopic (exact) mass is 328 g/mol. The molecule has 0 spiro atoms. The summed E-state index contributed by atoms with van der Waals surface area (Å²) < 4.78 is 0.764. The number of ketones is 1. The average molecular weight is 330 g/mol. The second-order valence-electron chi connectivity index (χ2n) is 3.66. The molecule has 0 N–H and O–H groups in total. The first-order valence-electron chi connectivity index (χ1n) is 5.17. The maximum Gasteiger partial charge on any atom is 0.164 e. The van der Waals surface area contributed by atoms with Gasteiger partial charge in [0.25, 0.3) is 0 Å². The highest BCUT2D eigenvalue weighted by atomic mass is 79.9. The standard InChI is InChI=1S/C13H10BrClOS/c14-11-3-1-2-10(13(11)15)12(16)5-4-9-6-7-17-8-9/h1-3,6-8H,4-5H2. The van der Waals surface area contributed by atoms with E-state index >= 15 is 0 Å². The van der Waals surface area contributed by atoms with Crippen molar-refractivity contribution >= 4 is 44.7 Å². The van der Waals surface area contributed by atoms with E-state index in [1.54, 1.807) is 17.4 Å². The van der Waals surface area contributed by atoms with E-state index in [0.717, 1.165) is 10.9 Å². The van der Waals surface area contributed by atoms with Crippen LogP contribution in [0.4, 0.5) is 0 Å². The highest BCUT2D eigenvalue weighted by Gasteiger charge is 2.12. The lowest BCUT2D eigenvalue weighted by atomic mass is 10.0. The predicted molar refractivity (Wildman–Crippen MR) is 76.1 cm³/mol. The summed E-state index contributed by atoms with van der Waals surface area (Å²) in [5.74, 6) is 0.0856. The highest BCUT2D eigenvalue weighted by Crippen LogP contribution is 2.27. The van der Waals surface area contributed by atoms with Crippen LogP contribution in [0.5, 0.6) is 0 Å². The maximum atomic E-state index is 12.0. The van der Waals surface area contributed by atoms with Gasteiger partial charge in [-0.25, -0.2) is 0 Å². The first kappa shape index (κ1) is 12.8. The number of carbonyl (C=O) groups is 1. The van der Waals surface area contributed by atoms with E-state index in [4.69, 9.17) is 11.6 Å². The Kier molecular flexibility index (Phi) is 4.37. The van der Waals surface area contributed by atoms with Gasteiger partial charge in [-0.05, 0) is 56.9 Å². The smallest absolute Gasteiger partial charge is 0.164 e. The third-order valence-corrected chi connectivity index (χ3v) is 4.50. The zero-order chi connectivity index (χ0) is 12.3. The number of thiophene rings is 1. The highest BCUT2D eigenvalue weighted by molar-refractivity contribution is 9.10. The zero-order valence-electron chi connectivity index (χ0n) is 8.95. The summed E-state index contributed by atoms with van der Waals surface area (Å²) in [5.41, 5.74) is 1.80. The Morgan fingerprint density at radius 3 is 2.88 bits per heavy atom. The molecule has 1 nitrogen and oxygen atoms in total. The second-order valence-corrected chi connectivity index (χ2v) is 5.67. The number of carbonyl (C=O) groups excluding carboxylic acids is 1. The third kappa shape index (κ3) is 3.18. The molecule has 0 bridgehead atoms. The molecule has 17 heavy (non-hydrogen) atoms. The van der Waals surface area contributed by atoms with Crippen LogP contribution in [0.1, 0.15) is 22.3 Å².